The number of benzene rings is 2. The summed E-state index contributed by atoms with van der Waals surface area (Å²) in [7, 11) is -3.50. The summed E-state index contributed by atoms with van der Waals surface area (Å²) in [5, 5.41) is 0. The second-order valence-electron chi connectivity index (χ2n) is 5.30. The third-order valence-corrected chi connectivity index (χ3v) is 5.64. The van der Waals surface area contributed by atoms with E-state index >= 15 is 0 Å². The van der Waals surface area contributed by atoms with E-state index in [-0.39, 0.29) is 6.04 Å². The Hall–Kier alpha value is -1.17. The van der Waals surface area contributed by atoms with Crippen molar-refractivity contribution < 1.29 is 8.42 Å². The summed E-state index contributed by atoms with van der Waals surface area (Å²) >= 11 is 3.32. The fourth-order valence-electron chi connectivity index (χ4n) is 2.38. The topological polar surface area (TPSA) is 46.2 Å². The Labute approximate surface area is 133 Å². The van der Waals surface area contributed by atoms with Gasteiger partial charge in [0.1, 0.15) is 0 Å². The molecule has 5 heteroatoms. The van der Waals surface area contributed by atoms with Gasteiger partial charge in [-0.05, 0) is 48.6 Å². The van der Waals surface area contributed by atoms with E-state index in [0.29, 0.717) is 10.8 Å². The van der Waals surface area contributed by atoms with Gasteiger partial charge in [-0.1, -0.05) is 46.3 Å². The van der Waals surface area contributed by atoms with Crippen molar-refractivity contribution in [2.24, 2.45) is 5.92 Å². The van der Waals surface area contributed by atoms with Crippen LogP contribution in [0.2, 0.25) is 0 Å². The zero-order chi connectivity index (χ0) is 14.9. The lowest BCUT2D eigenvalue weighted by Crippen LogP contribution is -2.30. The van der Waals surface area contributed by atoms with Crippen molar-refractivity contribution in [3.05, 3.63) is 64.6 Å². The van der Waals surface area contributed by atoms with Crippen LogP contribution in [0.5, 0.6) is 0 Å². The molecule has 0 unspecified atom stereocenters. The van der Waals surface area contributed by atoms with Crippen molar-refractivity contribution >= 4 is 26.0 Å². The first-order valence-corrected chi connectivity index (χ1v) is 9.17. The van der Waals surface area contributed by atoms with E-state index in [2.05, 4.69) is 20.7 Å². The average Bonchev–Trinajstić information content (AvgIpc) is 3.31. The van der Waals surface area contributed by atoms with Crippen LogP contribution in [0, 0.1) is 5.92 Å². The van der Waals surface area contributed by atoms with Gasteiger partial charge in [0, 0.05) is 10.5 Å². The summed E-state index contributed by atoms with van der Waals surface area (Å²) in [4.78, 5) is 0.298. The Kier molecular flexibility index (Phi) is 4.15. The molecule has 1 aliphatic carbocycles. The molecule has 2 aromatic rings. The number of rotatable bonds is 5. The van der Waals surface area contributed by atoms with Gasteiger partial charge in [0.05, 0.1) is 4.90 Å². The number of nitrogens with one attached hydrogen (secondary N) is 1. The monoisotopic (exact) mass is 365 g/mol. The van der Waals surface area contributed by atoms with E-state index in [1.54, 1.807) is 24.3 Å². The van der Waals surface area contributed by atoms with Crippen LogP contribution in [-0.4, -0.2) is 8.42 Å². The minimum absolute atomic E-state index is 0.139. The molecule has 21 heavy (non-hydrogen) atoms. The molecule has 0 spiro atoms. The molecule has 1 fully saturated rings. The van der Waals surface area contributed by atoms with Crippen LogP contribution in [0.15, 0.2) is 64.0 Å². The molecule has 0 bridgehead atoms. The fourth-order valence-corrected chi connectivity index (χ4v) is 3.93. The van der Waals surface area contributed by atoms with Crippen molar-refractivity contribution in [1.29, 1.82) is 0 Å². The van der Waals surface area contributed by atoms with Gasteiger partial charge in [0.2, 0.25) is 10.0 Å². The number of hydrogen-bond donors (Lipinski definition) is 1. The van der Waals surface area contributed by atoms with E-state index in [4.69, 9.17) is 0 Å². The summed E-state index contributed by atoms with van der Waals surface area (Å²) < 4.78 is 28.8. The summed E-state index contributed by atoms with van der Waals surface area (Å²) in [5.74, 6) is 0.401. The Morgan fingerprint density at radius 1 is 1.00 bits per heavy atom. The van der Waals surface area contributed by atoms with E-state index < -0.39 is 10.0 Å². The van der Waals surface area contributed by atoms with E-state index in [1.165, 1.54) is 0 Å². The molecule has 0 aromatic heterocycles. The van der Waals surface area contributed by atoms with E-state index in [1.807, 2.05) is 30.3 Å². The molecule has 1 N–H and O–H groups in total. The van der Waals surface area contributed by atoms with Crippen LogP contribution < -0.4 is 4.72 Å². The lowest BCUT2D eigenvalue weighted by atomic mass is 10.0. The molecule has 2 aromatic carbocycles. The van der Waals surface area contributed by atoms with Crippen molar-refractivity contribution in [2.75, 3.05) is 0 Å². The van der Waals surface area contributed by atoms with Crippen LogP contribution in [0.1, 0.15) is 24.4 Å². The number of sulfonamides is 1. The Morgan fingerprint density at radius 2 is 1.62 bits per heavy atom. The first kappa shape index (κ1) is 14.8. The van der Waals surface area contributed by atoms with Crippen molar-refractivity contribution in [1.82, 2.24) is 4.72 Å². The molecule has 0 radical (unpaired) electrons. The average molecular weight is 366 g/mol. The zero-order valence-corrected chi connectivity index (χ0v) is 13.8. The minimum atomic E-state index is -3.50. The molecule has 1 saturated carbocycles. The summed E-state index contributed by atoms with van der Waals surface area (Å²) in [6, 6.07) is 16.4. The van der Waals surface area contributed by atoms with Gasteiger partial charge < -0.3 is 0 Å². The Bertz CT molecular complexity index is 710. The highest BCUT2D eigenvalue weighted by Gasteiger charge is 2.35. The second kappa shape index (κ2) is 5.91. The molecule has 1 atom stereocenters. The van der Waals surface area contributed by atoms with E-state index in [0.717, 1.165) is 22.9 Å². The molecular formula is C16H16BrNO2S. The highest BCUT2D eigenvalue weighted by atomic mass is 79.9. The van der Waals surface area contributed by atoms with E-state index in [9.17, 15) is 8.42 Å². The lowest BCUT2D eigenvalue weighted by Gasteiger charge is -2.19. The van der Waals surface area contributed by atoms with Crippen LogP contribution in [0.25, 0.3) is 0 Å². The zero-order valence-electron chi connectivity index (χ0n) is 11.4. The van der Waals surface area contributed by atoms with Crippen LogP contribution in [0.3, 0.4) is 0 Å². The smallest absolute Gasteiger partial charge is 0.207 e. The van der Waals surface area contributed by atoms with Gasteiger partial charge in [0.25, 0.3) is 0 Å². The van der Waals surface area contributed by atoms with Crippen LogP contribution in [-0.2, 0) is 10.0 Å². The first-order chi connectivity index (χ1) is 10.1. The number of halogens is 1. The maximum absolute atomic E-state index is 12.5. The minimum Gasteiger partial charge on any atom is -0.207 e. The summed E-state index contributed by atoms with van der Waals surface area (Å²) in [6.45, 7) is 0. The molecule has 1 aliphatic rings. The predicted octanol–water partition coefficient (Wildman–Crippen LogP) is 3.88. The summed E-state index contributed by atoms with van der Waals surface area (Å²) in [6.07, 6.45) is 2.14. The van der Waals surface area contributed by atoms with Gasteiger partial charge in [-0.2, -0.15) is 0 Å². The maximum atomic E-state index is 12.5. The third kappa shape index (κ3) is 3.54. The van der Waals surface area contributed by atoms with Gasteiger partial charge in [0.15, 0.2) is 0 Å². The Morgan fingerprint density at radius 3 is 2.19 bits per heavy atom. The standard InChI is InChI=1S/C16H16BrNO2S/c17-14-8-10-15(11-9-14)21(19,20)18-16(13-6-7-13)12-4-2-1-3-5-12/h1-5,8-11,13,16,18H,6-7H2/t16-/m1/s1. The van der Waals surface area contributed by atoms with Gasteiger partial charge in [-0.25, -0.2) is 13.1 Å². The third-order valence-electron chi connectivity index (χ3n) is 3.66. The molecule has 110 valence electrons. The van der Waals surface area contributed by atoms with Crippen molar-refractivity contribution in [2.45, 2.75) is 23.8 Å². The fraction of sp³-hybridized carbons (Fsp3) is 0.250. The quantitative estimate of drug-likeness (QED) is 0.873. The SMILES string of the molecule is O=S(=O)(N[C@H](c1ccccc1)C1CC1)c1ccc(Br)cc1. The van der Waals surface area contributed by atoms with Gasteiger partial charge in [-0.3, -0.25) is 0 Å². The molecule has 0 aliphatic heterocycles. The van der Waals surface area contributed by atoms with Crippen LogP contribution in [0.4, 0.5) is 0 Å². The van der Waals surface area contributed by atoms with Crippen molar-refractivity contribution in [3.8, 4) is 0 Å². The predicted molar refractivity (Wildman–Crippen MR) is 86.4 cm³/mol. The van der Waals surface area contributed by atoms with Crippen LogP contribution >= 0.6 is 15.9 Å². The van der Waals surface area contributed by atoms with Crippen molar-refractivity contribution in [3.63, 3.8) is 0 Å². The lowest BCUT2D eigenvalue weighted by molar-refractivity contribution is 0.529. The normalized spacial score (nSPS) is 16.6. The molecule has 0 amide bonds. The highest BCUT2D eigenvalue weighted by Crippen LogP contribution is 2.41. The molecule has 3 nitrogen and oxygen atoms in total. The molecule has 0 heterocycles. The maximum Gasteiger partial charge on any atom is 0.241 e. The largest absolute Gasteiger partial charge is 0.241 e. The molecule has 3 rings (SSSR count). The van der Waals surface area contributed by atoms with Gasteiger partial charge >= 0.3 is 0 Å². The second-order valence-corrected chi connectivity index (χ2v) is 7.93. The number of hydrogen-bond acceptors (Lipinski definition) is 2. The first-order valence-electron chi connectivity index (χ1n) is 6.89. The Balaban J connectivity index is 1.87. The summed E-state index contributed by atoms with van der Waals surface area (Å²) in [5.41, 5.74) is 1.03. The molecular weight excluding hydrogens is 350 g/mol. The van der Waals surface area contributed by atoms with Gasteiger partial charge in [-0.15, -0.1) is 0 Å². The molecule has 0 saturated heterocycles. The highest BCUT2D eigenvalue weighted by molar-refractivity contribution is 9.10.